The van der Waals surface area contributed by atoms with Crippen LogP contribution in [0.15, 0.2) is 42.6 Å². The number of ether oxygens (including phenoxy) is 1. The third kappa shape index (κ3) is 3.93. The first-order chi connectivity index (χ1) is 16.1. The number of aryl methyl sites for hydroxylation is 1. The van der Waals surface area contributed by atoms with Crippen LogP contribution in [0.25, 0.3) is 10.9 Å². The molecule has 1 saturated heterocycles. The largest absolute Gasteiger partial charge is 0.496 e. The summed E-state index contributed by atoms with van der Waals surface area (Å²) >= 11 is 0. The minimum atomic E-state index is 0.128. The van der Waals surface area contributed by atoms with E-state index in [1.807, 2.05) is 18.2 Å². The molecule has 3 aromatic rings. The van der Waals surface area contributed by atoms with Crippen molar-refractivity contribution in [1.29, 1.82) is 0 Å². The van der Waals surface area contributed by atoms with Gasteiger partial charge in [-0.05, 0) is 67.8 Å². The van der Waals surface area contributed by atoms with E-state index in [1.54, 1.807) is 7.11 Å². The maximum Gasteiger partial charge on any atom is 0.211 e. The Morgan fingerprint density at radius 2 is 1.94 bits per heavy atom. The summed E-state index contributed by atoms with van der Waals surface area (Å²) in [5.74, 6) is 1.08. The number of carbonyl (C=O) groups excluding carboxylic acids is 2. The van der Waals surface area contributed by atoms with Gasteiger partial charge in [-0.25, -0.2) is 0 Å². The van der Waals surface area contributed by atoms with Gasteiger partial charge in [0.25, 0.3) is 0 Å². The standard InChI is InChI=1S/C27H31N3O3/c1-18(26-25(33-2)9-7-20-4-3-5-24(32)27(20)26)29-13-11-22(12-14-29)30-15-10-19-6-8-21(28-17-31)16-23(19)30/h6-10,15-18,22H,3-5,11-14H2,1-2H3,(H,28,31). The Morgan fingerprint density at radius 1 is 1.12 bits per heavy atom. The normalized spacial score (nSPS) is 18.2. The highest BCUT2D eigenvalue weighted by Gasteiger charge is 2.31. The van der Waals surface area contributed by atoms with E-state index in [4.69, 9.17) is 4.74 Å². The molecule has 5 rings (SSSR count). The van der Waals surface area contributed by atoms with E-state index >= 15 is 0 Å². The van der Waals surface area contributed by atoms with Gasteiger partial charge in [0.1, 0.15) is 5.75 Å². The topological polar surface area (TPSA) is 63.6 Å². The van der Waals surface area contributed by atoms with E-state index in [2.05, 4.69) is 46.1 Å². The van der Waals surface area contributed by atoms with Gasteiger partial charge in [0, 0.05) is 54.6 Å². The number of carbonyl (C=O) groups is 2. The van der Waals surface area contributed by atoms with Crippen molar-refractivity contribution < 1.29 is 14.3 Å². The monoisotopic (exact) mass is 445 g/mol. The average Bonchev–Trinajstić information content (AvgIpc) is 3.27. The second-order valence-electron chi connectivity index (χ2n) is 9.19. The fourth-order valence-electron chi connectivity index (χ4n) is 5.70. The number of nitrogens with one attached hydrogen (secondary N) is 1. The lowest BCUT2D eigenvalue weighted by Gasteiger charge is -2.38. The summed E-state index contributed by atoms with van der Waals surface area (Å²) in [5, 5.41) is 3.94. The molecule has 1 aliphatic heterocycles. The smallest absolute Gasteiger partial charge is 0.211 e. The number of benzene rings is 2. The van der Waals surface area contributed by atoms with E-state index in [-0.39, 0.29) is 11.8 Å². The van der Waals surface area contributed by atoms with Crippen LogP contribution >= 0.6 is 0 Å². The molecular formula is C27H31N3O3. The number of Topliss-reactive ketones (excluding diaryl/α,β-unsaturated/α-hetero) is 1. The molecule has 0 radical (unpaired) electrons. The SMILES string of the molecule is COc1ccc2c(c1C(C)N1CCC(n3ccc4ccc(NC=O)cc43)CC1)C(=O)CCC2. The van der Waals surface area contributed by atoms with E-state index in [0.717, 1.165) is 73.3 Å². The van der Waals surface area contributed by atoms with Crippen LogP contribution in [0.3, 0.4) is 0 Å². The number of ketones is 1. The van der Waals surface area contributed by atoms with E-state index in [1.165, 1.54) is 10.9 Å². The summed E-state index contributed by atoms with van der Waals surface area (Å²) in [7, 11) is 1.70. The van der Waals surface area contributed by atoms with Crippen molar-refractivity contribution in [3.05, 3.63) is 59.3 Å². The lowest BCUT2D eigenvalue weighted by atomic mass is 9.84. The van der Waals surface area contributed by atoms with Crippen LogP contribution in [0.1, 0.15) is 66.2 Å². The van der Waals surface area contributed by atoms with Gasteiger partial charge in [-0.1, -0.05) is 12.1 Å². The van der Waals surface area contributed by atoms with Crippen molar-refractivity contribution >= 4 is 28.8 Å². The number of nitrogens with zero attached hydrogens (tertiary/aromatic N) is 2. The van der Waals surface area contributed by atoms with Crippen molar-refractivity contribution in [2.24, 2.45) is 0 Å². The summed E-state index contributed by atoms with van der Waals surface area (Å²) in [5.41, 5.74) is 5.10. The predicted octanol–water partition coefficient (Wildman–Crippen LogP) is 5.14. The van der Waals surface area contributed by atoms with Crippen molar-refractivity contribution in [2.45, 2.75) is 51.1 Å². The minimum absolute atomic E-state index is 0.128. The highest BCUT2D eigenvalue weighted by molar-refractivity contribution is 6.00. The van der Waals surface area contributed by atoms with Crippen LogP contribution in [-0.2, 0) is 11.2 Å². The van der Waals surface area contributed by atoms with Crippen LogP contribution in [0.5, 0.6) is 5.75 Å². The summed E-state index contributed by atoms with van der Waals surface area (Å²) in [6.45, 7) is 4.13. The van der Waals surface area contributed by atoms with E-state index < -0.39 is 0 Å². The second-order valence-corrected chi connectivity index (χ2v) is 9.19. The lowest BCUT2D eigenvalue weighted by Crippen LogP contribution is -2.37. The molecule has 1 unspecified atom stereocenters. The molecule has 172 valence electrons. The summed E-state index contributed by atoms with van der Waals surface area (Å²) in [6.07, 6.45) is 7.48. The van der Waals surface area contributed by atoms with E-state index in [0.29, 0.717) is 12.5 Å². The molecule has 1 amide bonds. The molecule has 6 nitrogen and oxygen atoms in total. The maximum absolute atomic E-state index is 12.9. The zero-order chi connectivity index (χ0) is 22.9. The van der Waals surface area contributed by atoms with Crippen molar-refractivity contribution in [3.8, 4) is 5.75 Å². The van der Waals surface area contributed by atoms with Gasteiger partial charge in [0.05, 0.1) is 12.6 Å². The summed E-state index contributed by atoms with van der Waals surface area (Å²) in [4.78, 5) is 26.2. The average molecular weight is 446 g/mol. The third-order valence-electron chi connectivity index (χ3n) is 7.45. The Labute approximate surface area is 194 Å². The van der Waals surface area contributed by atoms with Crippen LogP contribution in [0.2, 0.25) is 0 Å². The fraction of sp³-hybridized carbons (Fsp3) is 0.407. The lowest BCUT2D eigenvalue weighted by molar-refractivity contribution is -0.105. The van der Waals surface area contributed by atoms with Gasteiger partial charge < -0.3 is 14.6 Å². The Kier molecular flexibility index (Phi) is 5.94. The zero-order valence-corrected chi connectivity index (χ0v) is 19.3. The molecule has 33 heavy (non-hydrogen) atoms. The Hall–Kier alpha value is -3.12. The van der Waals surface area contributed by atoms with Crippen LogP contribution in [0.4, 0.5) is 5.69 Å². The number of rotatable bonds is 6. The Balaban J connectivity index is 1.37. The second kappa shape index (κ2) is 9.02. The van der Waals surface area contributed by atoms with E-state index in [9.17, 15) is 9.59 Å². The molecule has 2 heterocycles. The fourth-order valence-corrected chi connectivity index (χ4v) is 5.70. The first-order valence-electron chi connectivity index (χ1n) is 11.9. The van der Waals surface area contributed by atoms with Crippen molar-refractivity contribution in [1.82, 2.24) is 9.47 Å². The molecule has 0 spiro atoms. The molecule has 1 N–H and O–H groups in total. The minimum Gasteiger partial charge on any atom is -0.496 e. The van der Waals surface area contributed by atoms with Gasteiger partial charge in [-0.15, -0.1) is 0 Å². The van der Waals surface area contributed by atoms with Gasteiger partial charge in [-0.2, -0.15) is 0 Å². The number of likely N-dealkylation sites (tertiary alicyclic amines) is 1. The number of methoxy groups -OCH3 is 1. The molecule has 1 aliphatic carbocycles. The van der Waals surface area contributed by atoms with Crippen LogP contribution in [-0.4, -0.2) is 41.9 Å². The molecule has 0 bridgehead atoms. The van der Waals surface area contributed by atoms with Gasteiger partial charge in [-0.3, -0.25) is 14.5 Å². The summed E-state index contributed by atoms with van der Waals surface area (Å²) < 4.78 is 8.07. The predicted molar refractivity (Wildman–Crippen MR) is 130 cm³/mol. The maximum atomic E-state index is 12.9. The zero-order valence-electron chi connectivity index (χ0n) is 19.3. The number of piperidine rings is 1. The van der Waals surface area contributed by atoms with Gasteiger partial charge >= 0.3 is 0 Å². The van der Waals surface area contributed by atoms with Crippen LogP contribution < -0.4 is 10.1 Å². The Bertz CT molecular complexity index is 1190. The number of aromatic nitrogens is 1. The van der Waals surface area contributed by atoms with Gasteiger partial charge in [0.15, 0.2) is 5.78 Å². The Morgan fingerprint density at radius 3 is 2.70 bits per heavy atom. The van der Waals surface area contributed by atoms with Gasteiger partial charge in [0.2, 0.25) is 6.41 Å². The molecule has 0 saturated carbocycles. The van der Waals surface area contributed by atoms with Crippen molar-refractivity contribution in [2.75, 3.05) is 25.5 Å². The molecule has 2 aromatic carbocycles. The first-order valence-corrected chi connectivity index (χ1v) is 11.9. The molecular weight excluding hydrogens is 414 g/mol. The molecule has 1 atom stereocenters. The molecule has 1 fully saturated rings. The molecule has 1 aromatic heterocycles. The third-order valence-corrected chi connectivity index (χ3v) is 7.45. The highest BCUT2D eigenvalue weighted by Crippen LogP contribution is 2.39. The van der Waals surface area contributed by atoms with Crippen molar-refractivity contribution in [3.63, 3.8) is 0 Å². The number of hydrogen-bond acceptors (Lipinski definition) is 4. The quantitative estimate of drug-likeness (QED) is 0.534. The number of anilines is 1. The highest BCUT2D eigenvalue weighted by atomic mass is 16.5. The molecule has 6 heteroatoms. The first kappa shape index (κ1) is 21.7. The number of hydrogen-bond donors (Lipinski definition) is 1. The number of fused-ring (bicyclic) bond motifs is 2. The number of amides is 1. The molecule has 2 aliphatic rings. The van der Waals surface area contributed by atoms with Crippen LogP contribution in [0, 0.1) is 0 Å². The summed E-state index contributed by atoms with van der Waals surface area (Å²) in [6, 6.07) is 12.8.